The molecule has 0 amide bonds. The van der Waals surface area contributed by atoms with Crippen LogP contribution < -0.4 is 5.32 Å². The van der Waals surface area contributed by atoms with Crippen LogP contribution in [0.4, 0.5) is 6.01 Å². The average molecular weight is 204 g/mol. The summed E-state index contributed by atoms with van der Waals surface area (Å²) in [6.45, 7) is 7.83. The number of rotatable bonds is 2. The molecule has 0 aliphatic heterocycles. The third-order valence-corrected chi connectivity index (χ3v) is 1.45. The number of alkyl halides is 1. The van der Waals surface area contributed by atoms with Crippen molar-refractivity contribution < 1.29 is 4.42 Å². The first-order chi connectivity index (χ1) is 5.88. The second-order valence-corrected chi connectivity index (χ2v) is 4.59. The monoisotopic (exact) mass is 203 g/mol. The quantitative estimate of drug-likeness (QED) is 0.751. The van der Waals surface area contributed by atoms with Crippen LogP contribution in [0.1, 0.15) is 39.0 Å². The summed E-state index contributed by atoms with van der Waals surface area (Å²) in [4.78, 5) is 0. The molecule has 0 saturated heterocycles. The van der Waals surface area contributed by atoms with Gasteiger partial charge in [-0.15, -0.1) is 16.7 Å². The Hall–Kier alpha value is -0.770. The van der Waals surface area contributed by atoms with Crippen LogP contribution in [-0.2, 0) is 0 Å². The minimum atomic E-state index is -0.247. The van der Waals surface area contributed by atoms with E-state index in [1.807, 2.05) is 20.8 Å². The lowest BCUT2D eigenvalue weighted by Gasteiger charge is -2.17. The summed E-state index contributed by atoms with van der Waals surface area (Å²) < 4.78 is 5.26. The fourth-order valence-corrected chi connectivity index (χ4v) is 0.855. The fourth-order valence-electron chi connectivity index (χ4n) is 0.767. The molecule has 0 fully saturated rings. The zero-order chi connectivity index (χ0) is 10.1. The Balaban J connectivity index is 2.70. The highest BCUT2D eigenvalue weighted by atomic mass is 35.5. The third kappa shape index (κ3) is 3.22. The maximum atomic E-state index is 5.76. The molecule has 5 heteroatoms. The molecule has 74 valence electrons. The second-order valence-electron chi connectivity index (χ2n) is 3.94. The maximum absolute atomic E-state index is 5.76. The van der Waals surface area contributed by atoms with Crippen molar-refractivity contribution >= 4 is 17.6 Å². The van der Waals surface area contributed by atoms with Gasteiger partial charge in [0.15, 0.2) is 0 Å². The third-order valence-electron chi connectivity index (χ3n) is 1.26. The van der Waals surface area contributed by atoms with Crippen molar-refractivity contribution in [3.05, 3.63) is 5.89 Å². The van der Waals surface area contributed by atoms with Crippen molar-refractivity contribution in [1.29, 1.82) is 0 Å². The highest BCUT2D eigenvalue weighted by molar-refractivity contribution is 6.20. The zero-order valence-electron chi connectivity index (χ0n) is 8.26. The lowest BCUT2D eigenvalue weighted by Crippen LogP contribution is -2.26. The number of aromatic nitrogens is 2. The van der Waals surface area contributed by atoms with Crippen LogP contribution in [0, 0.1) is 0 Å². The molecule has 0 aliphatic rings. The Kier molecular flexibility index (Phi) is 2.81. The number of hydrogen-bond acceptors (Lipinski definition) is 4. The van der Waals surface area contributed by atoms with Crippen LogP contribution in [-0.4, -0.2) is 15.7 Å². The summed E-state index contributed by atoms with van der Waals surface area (Å²) in [5.74, 6) is 0.438. The molecular formula is C8H14ClN3O. The van der Waals surface area contributed by atoms with Crippen LogP contribution in [0.25, 0.3) is 0 Å². The average Bonchev–Trinajstić information content (AvgIpc) is 2.31. The summed E-state index contributed by atoms with van der Waals surface area (Å²) in [6, 6.07) is 0.412. The van der Waals surface area contributed by atoms with Gasteiger partial charge in [-0.25, -0.2) is 0 Å². The smallest absolute Gasteiger partial charge is 0.315 e. The van der Waals surface area contributed by atoms with E-state index in [-0.39, 0.29) is 10.9 Å². The van der Waals surface area contributed by atoms with E-state index in [1.165, 1.54) is 0 Å². The molecule has 1 heterocycles. The van der Waals surface area contributed by atoms with Gasteiger partial charge in [0.05, 0.1) is 0 Å². The largest absolute Gasteiger partial charge is 0.406 e. The lowest BCUT2D eigenvalue weighted by atomic mass is 10.1. The van der Waals surface area contributed by atoms with E-state index in [1.54, 1.807) is 6.92 Å². The van der Waals surface area contributed by atoms with E-state index < -0.39 is 0 Å². The van der Waals surface area contributed by atoms with Crippen LogP contribution in [0.15, 0.2) is 4.42 Å². The Labute approximate surface area is 82.7 Å². The molecule has 1 rings (SSSR count). The Bertz CT molecular complexity index is 277. The molecule has 1 N–H and O–H groups in total. The highest BCUT2D eigenvalue weighted by Gasteiger charge is 2.15. The molecule has 1 atom stereocenters. The van der Waals surface area contributed by atoms with E-state index in [9.17, 15) is 0 Å². The Morgan fingerprint density at radius 2 is 2.00 bits per heavy atom. The van der Waals surface area contributed by atoms with Crippen molar-refractivity contribution in [1.82, 2.24) is 10.2 Å². The number of halogens is 1. The van der Waals surface area contributed by atoms with E-state index in [0.29, 0.717) is 11.9 Å². The Morgan fingerprint density at radius 3 is 2.38 bits per heavy atom. The molecule has 1 aromatic heterocycles. The molecule has 1 unspecified atom stereocenters. The van der Waals surface area contributed by atoms with Crippen molar-refractivity contribution in [2.24, 2.45) is 0 Å². The van der Waals surface area contributed by atoms with Gasteiger partial charge in [-0.05, 0) is 27.7 Å². The summed E-state index contributed by atoms with van der Waals surface area (Å²) in [7, 11) is 0. The number of hydrogen-bond donors (Lipinski definition) is 1. The van der Waals surface area contributed by atoms with Gasteiger partial charge in [-0.1, -0.05) is 5.10 Å². The predicted molar refractivity (Wildman–Crippen MR) is 51.9 cm³/mol. The minimum absolute atomic E-state index is 0.0840. The highest BCUT2D eigenvalue weighted by Crippen LogP contribution is 2.20. The summed E-state index contributed by atoms with van der Waals surface area (Å²) in [6.07, 6.45) is 0. The van der Waals surface area contributed by atoms with Crippen LogP contribution >= 0.6 is 11.6 Å². The van der Waals surface area contributed by atoms with Crippen molar-refractivity contribution in [3.8, 4) is 0 Å². The summed E-state index contributed by atoms with van der Waals surface area (Å²) >= 11 is 5.76. The number of nitrogens with zero attached hydrogens (tertiary/aromatic N) is 2. The van der Waals surface area contributed by atoms with Gasteiger partial charge in [-0.2, -0.15) is 0 Å². The van der Waals surface area contributed by atoms with Gasteiger partial charge < -0.3 is 9.73 Å². The number of nitrogens with one attached hydrogen (secondary N) is 1. The normalized spacial score (nSPS) is 14.2. The van der Waals surface area contributed by atoms with Gasteiger partial charge in [0.25, 0.3) is 0 Å². The summed E-state index contributed by atoms with van der Waals surface area (Å²) in [5.41, 5.74) is -0.0840. The topological polar surface area (TPSA) is 51.0 Å². The number of anilines is 1. The van der Waals surface area contributed by atoms with Crippen LogP contribution in [0.5, 0.6) is 0 Å². The molecular weight excluding hydrogens is 190 g/mol. The predicted octanol–water partition coefficient (Wildman–Crippen LogP) is 2.58. The van der Waals surface area contributed by atoms with Crippen LogP contribution in [0.3, 0.4) is 0 Å². The summed E-state index contributed by atoms with van der Waals surface area (Å²) in [5, 5.41) is 10.4. The van der Waals surface area contributed by atoms with Gasteiger partial charge in [0.1, 0.15) is 5.38 Å². The minimum Gasteiger partial charge on any atom is -0.406 e. The maximum Gasteiger partial charge on any atom is 0.315 e. The van der Waals surface area contributed by atoms with Crippen LogP contribution in [0.2, 0.25) is 0 Å². The molecule has 4 nitrogen and oxygen atoms in total. The first kappa shape index (κ1) is 10.3. The molecule has 0 spiro atoms. The second kappa shape index (κ2) is 3.54. The molecule has 0 aliphatic carbocycles. The van der Waals surface area contributed by atoms with Gasteiger partial charge >= 0.3 is 6.01 Å². The van der Waals surface area contributed by atoms with Crippen molar-refractivity contribution in [2.45, 2.75) is 38.6 Å². The fraction of sp³-hybridized carbons (Fsp3) is 0.750. The molecule has 13 heavy (non-hydrogen) atoms. The molecule has 0 radical (unpaired) electrons. The van der Waals surface area contributed by atoms with Gasteiger partial charge in [0, 0.05) is 5.54 Å². The van der Waals surface area contributed by atoms with E-state index in [0.717, 1.165) is 0 Å². The molecule has 1 aromatic rings. The van der Waals surface area contributed by atoms with Crippen molar-refractivity contribution in [3.63, 3.8) is 0 Å². The first-order valence-electron chi connectivity index (χ1n) is 4.14. The van der Waals surface area contributed by atoms with E-state index in [4.69, 9.17) is 16.0 Å². The molecule has 0 aromatic carbocycles. The van der Waals surface area contributed by atoms with E-state index in [2.05, 4.69) is 15.5 Å². The molecule has 0 saturated carbocycles. The standard InChI is InChI=1S/C8H14ClN3O/c1-5(9)6-11-12-7(13-6)10-8(2,3)4/h5H,1-4H3,(H,10,12). The first-order valence-corrected chi connectivity index (χ1v) is 4.58. The van der Waals surface area contributed by atoms with E-state index >= 15 is 0 Å². The van der Waals surface area contributed by atoms with Crippen molar-refractivity contribution in [2.75, 3.05) is 5.32 Å². The lowest BCUT2D eigenvalue weighted by molar-refractivity contribution is 0.487. The zero-order valence-corrected chi connectivity index (χ0v) is 9.01. The SMILES string of the molecule is CC(Cl)c1nnc(NC(C)(C)C)o1. The van der Waals surface area contributed by atoms with Gasteiger partial charge in [0.2, 0.25) is 5.89 Å². The Morgan fingerprint density at radius 1 is 1.38 bits per heavy atom. The molecule has 0 bridgehead atoms. The van der Waals surface area contributed by atoms with Gasteiger partial charge in [-0.3, -0.25) is 0 Å².